The zero-order valence-electron chi connectivity index (χ0n) is 20.8. The van der Waals surface area contributed by atoms with Crippen LogP contribution in [-0.4, -0.2) is 6.61 Å². The van der Waals surface area contributed by atoms with Gasteiger partial charge in [0.1, 0.15) is 6.61 Å². The summed E-state index contributed by atoms with van der Waals surface area (Å²) in [6.45, 7) is 4.64. The van der Waals surface area contributed by atoms with E-state index < -0.39 is 0 Å². The Kier molecular flexibility index (Phi) is 8.87. The molecule has 2 heteroatoms. The van der Waals surface area contributed by atoms with Crippen LogP contribution in [0.1, 0.15) is 102 Å². The molecular formula is C31H43FO. The first-order chi connectivity index (χ1) is 16.2. The van der Waals surface area contributed by atoms with Crippen molar-refractivity contribution in [2.45, 2.75) is 96.8 Å². The van der Waals surface area contributed by atoms with Gasteiger partial charge in [0.15, 0.2) is 11.6 Å². The highest BCUT2D eigenvalue weighted by Gasteiger charge is 2.35. The Hall–Kier alpha value is -1.83. The van der Waals surface area contributed by atoms with Crippen molar-refractivity contribution in [2.75, 3.05) is 6.61 Å². The standard InChI is InChI=1S/C31H43FO/c1-3-5-7-8-9-10-23-11-12-25-19-26(14-13-24(25)18-23)27-15-16-28-22-31(33-17-6-4-2)30(32)21-29(28)20-27/h4,6,15-16,20-26H,3,5,7-14,17-19H2,1-2H3/b6-4+/t23?,24-,25?,26-/m1/s1. The Morgan fingerprint density at radius 2 is 1.73 bits per heavy atom. The molecule has 2 fully saturated rings. The summed E-state index contributed by atoms with van der Waals surface area (Å²) >= 11 is 0. The van der Waals surface area contributed by atoms with Crippen LogP contribution in [0.4, 0.5) is 4.39 Å². The molecule has 2 unspecified atom stereocenters. The van der Waals surface area contributed by atoms with Crippen LogP contribution in [0.3, 0.4) is 0 Å². The second-order valence-electron chi connectivity index (χ2n) is 10.7. The lowest BCUT2D eigenvalue weighted by Crippen LogP contribution is -2.30. The number of unbranched alkanes of at least 4 members (excludes halogenated alkanes) is 4. The quantitative estimate of drug-likeness (QED) is 0.258. The Balaban J connectivity index is 1.33. The summed E-state index contributed by atoms with van der Waals surface area (Å²) in [7, 11) is 0. The molecule has 0 saturated heterocycles. The predicted octanol–water partition coefficient (Wildman–Crippen LogP) is 9.59. The SMILES string of the molecule is C/C=C/COc1cc2ccc([C@@H]3CC[C@@H]4CC(CCCCCCC)CCC4C3)cc2cc1F. The molecule has 4 atom stereocenters. The predicted molar refractivity (Wildman–Crippen MR) is 139 cm³/mol. The fourth-order valence-electron chi connectivity index (χ4n) is 6.45. The molecule has 1 nitrogen and oxygen atoms in total. The fraction of sp³-hybridized carbons (Fsp3) is 0.613. The van der Waals surface area contributed by atoms with Crippen molar-refractivity contribution in [1.82, 2.24) is 0 Å². The van der Waals surface area contributed by atoms with Crippen LogP contribution in [0.15, 0.2) is 42.5 Å². The first-order valence-electron chi connectivity index (χ1n) is 13.6. The van der Waals surface area contributed by atoms with Gasteiger partial charge in [0.05, 0.1) is 0 Å². The molecule has 0 aliphatic heterocycles. The van der Waals surface area contributed by atoms with Crippen LogP contribution in [0, 0.1) is 23.6 Å². The number of allylic oxidation sites excluding steroid dienone is 1. The zero-order chi connectivity index (χ0) is 23.0. The number of benzene rings is 2. The summed E-state index contributed by atoms with van der Waals surface area (Å²) in [6.07, 6.45) is 20.7. The van der Waals surface area contributed by atoms with Gasteiger partial charge in [0.25, 0.3) is 0 Å². The molecule has 33 heavy (non-hydrogen) atoms. The Bertz CT molecular complexity index is 917. The average molecular weight is 451 g/mol. The van der Waals surface area contributed by atoms with Gasteiger partial charge in [-0.15, -0.1) is 0 Å². The van der Waals surface area contributed by atoms with Gasteiger partial charge in [0, 0.05) is 0 Å². The third-order valence-corrected chi connectivity index (χ3v) is 8.39. The molecule has 0 radical (unpaired) electrons. The minimum Gasteiger partial charge on any atom is -0.486 e. The van der Waals surface area contributed by atoms with Crippen molar-refractivity contribution < 1.29 is 9.13 Å². The largest absolute Gasteiger partial charge is 0.486 e. The van der Waals surface area contributed by atoms with Crippen LogP contribution in [0.25, 0.3) is 10.8 Å². The van der Waals surface area contributed by atoms with Crippen LogP contribution in [0.2, 0.25) is 0 Å². The Labute approximate surface area is 200 Å². The smallest absolute Gasteiger partial charge is 0.165 e. The summed E-state index contributed by atoms with van der Waals surface area (Å²) in [5.74, 6) is 3.55. The molecule has 0 amide bonds. The molecule has 2 aliphatic rings. The van der Waals surface area contributed by atoms with E-state index in [1.54, 1.807) is 6.07 Å². The first kappa shape index (κ1) is 24.3. The molecule has 2 aromatic rings. The van der Waals surface area contributed by atoms with Crippen LogP contribution in [-0.2, 0) is 0 Å². The monoisotopic (exact) mass is 450 g/mol. The molecule has 2 saturated carbocycles. The summed E-state index contributed by atoms with van der Waals surface area (Å²) in [4.78, 5) is 0. The van der Waals surface area contributed by atoms with E-state index in [0.29, 0.717) is 18.3 Å². The highest BCUT2D eigenvalue weighted by molar-refractivity contribution is 5.85. The maximum Gasteiger partial charge on any atom is 0.165 e. The van der Waals surface area contributed by atoms with E-state index in [2.05, 4.69) is 25.1 Å². The van der Waals surface area contributed by atoms with Crippen molar-refractivity contribution in [3.05, 3.63) is 53.9 Å². The number of halogens is 1. The highest BCUT2D eigenvalue weighted by atomic mass is 19.1. The summed E-state index contributed by atoms with van der Waals surface area (Å²) in [5.41, 5.74) is 1.40. The summed E-state index contributed by atoms with van der Waals surface area (Å²) in [6, 6.07) is 10.2. The Morgan fingerprint density at radius 3 is 2.58 bits per heavy atom. The number of rotatable bonds is 10. The van der Waals surface area contributed by atoms with Gasteiger partial charge in [0.2, 0.25) is 0 Å². The van der Waals surface area contributed by atoms with Gasteiger partial charge in [-0.25, -0.2) is 4.39 Å². The van der Waals surface area contributed by atoms with Gasteiger partial charge in [-0.2, -0.15) is 0 Å². The number of hydrogen-bond donors (Lipinski definition) is 0. The molecule has 0 spiro atoms. The minimum atomic E-state index is -0.263. The maximum atomic E-state index is 14.6. The molecule has 2 aliphatic carbocycles. The third kappa shape index (κ3) is 6.40. The van der Waals surface area contributed by atoms with E-state index in [-0.39, 0.29) is 5.82 Å². The van der Waals surface area contributed by atoms with Crippen LogP contribution >= 0.6 is 0 Å². The lowest BCUT2D eigenvalue weighted by atomic mass is 9.63. The lowest BCUT2D eigenvalue weighted by molar-refractivity contribution is 0.113. The molecule has 0 N–H and O–H groups in total. The second-order valence-corrected chi connectivity index (χ2v) is 10.7. The third-order valence-electron chi connectivity index (χ3n) is 8.39. The second kappa shape index (κ2) is 12.0. The van der Waals surface area contributed by atoms with Gasteiger partial charge in [-0.3, -0.25) is 0 Å². The van der Waals surface area contributed by atoms with Crippen LogP contribution in [0.5, 0.6) is 5.75 Å². The van der Waals surface area contributed by atoms with Crippen molar-refractivity contribution >= 4 is 10.8 Å². The number of ether oxygens (including phenoxy) is 1. The Morgan fingerprint density at radius 1 is 0.909 bits per heavy atom. The molecule has 0 aromatic heterocycles. The lowest BCUT2D eigenvalue weighted by Gasteiger charge is -2.42. The normalized spacial score (nSPS) is 25.4. The number of hydrogen-bond acceptors (Lipinski definition) is 1. The van der Waals surface area contributed by atoms with E-state index in [1.165, 1.54) is 82.6 Å². The van der Waals surface area contributed by atoms with E-state index >= 15 is 0 Å². The van der Waals surface area contributed by atoms with Gasteiger partial charge in [-0.05, 0) is 91.2 Å². The molecular weight excluding hydrogens is 407 g/mol. The number of fused-ring (bicyclic) bond motifs is 2. The summed E-state index contributed by atoms with van der Waals surface area (Å²) in [5, 5.41) is 2.06. The molecule has 0 bridgehead atoms. The minimum absolute atomic E-state index is 0.263. The van der Waals surface area contributed by atoms with Gasteiger partial charge >= 0.3 is 0 Å². The molecule has 0 heterocycles. The van der Waals surface area contributed by atoms with Gasteiger partial charge < -0.3 is 4.74 Å². The molecule has 4 rings (SSSR count). The topological polar surface area (TPSA) is 9.23 Å². The van der Waals surface area contributed by atoms with E-state index in [9.17, 15) is 4.39 Å². The maximum absolute atomic E-state index is 14.6. The average Bonchev–Trinajstić information content (AvgIpc) is 2.83. The zero-order valence-corrected chi connectivity index (χ0v) is 20.8. The highest BCUT2D eigenvalue weighted by Crippen LogP contribution is 2.48. The fourth-order valence-corrected chi connectivity index (χ4v) is 6.45. The van der Waals surface area contributed by atoms with Crippen molar-refractivity contribution in [3.8, 4) is 5.75 Å². The van der Waals surface area contributed by atoms with Crippen molar-refractivity contribution in [1.29, 1.82) is 0 Å². The molecule has 180 valence electrons. The van der Waals surface area contributed by atoms with Crippen LogP contribution < -0.4 is 4.74 Å². The van der Waals surface area contributed by atoms with E-state index in [4.69, 9.17) is 4.74 Å². The summed E-state index contributed by atoms with van der Waals surface area (Å²) < 4.78 is 20.2. The molecule has 2 aromatic carbocycles. The van der Waals surface area contributed by atoms with E-state index in [1.807, 2.05) is 25.1 Å². The van der Waals surface area contributed by atoms with Crippen molar-refractivity contribution in [2.24, 2.45) is 17.8 Å². The first-order valence-corrected chi connectivity index (χ1v) is 13.6. The van der Waals surface area contributed by atoms with Gasteiger partial charge in [-0.1, -0.05) is 82.2 Å². The van der Waals surface area contributed by atoms with Crippen molar-refractivity contribution in [3.63, 3.8) is 0 Å². The van der Waals surface area contributed by atoms with E-state index in [0.717, 1.165) is 28.5 Å².